The fourth-order valence-electron chi connectivity index (χ4n) is 2.78. The van der Waals surface area contributed by atoms with Gasteiger partial charge in [-0.05, 0) is 55.7 Å². The Morgan fingerprint density at radius 1 is 1.00 bits per heavy atom. The maximum Gasteiger partial charge on any atom is 0.311 e. The Morgan fingerprint density at radius 2 is 1.66 bits per heavy atom. The fourth-order valence-corrected chi connectivity index (χ4v) is 2.78. The lowest BCUT2D eigenvalue weighted by Gasteiger charge is -2.15. The van der Waals surface area contributed by atoms with Crippen LogP contribution in [0, 0.1) is 0 Å². The zero-order chi connectivity index (χ0) is 21.6. The molecule has 0 aliphatic rings. The quantitative estimate of drug-likeness (QED) is 0.535. The highest BCUT2D eigenvalue weighted by atomic mass is 16.5. The predicted molar refractivity (Wildman–Crippen MR) is 111 cm³/mol. The first kappa shape index (κ1) is 22.1. The van der Waals surface area contributed by atoms with Gasteiger partial charge in [-0.15, -0.1) is 0 Å². The molecule has 0 unspecified atom stereocenters. The largest absolute Gasteiger partial charge is 0.496 e. The Hall–Kier alpha value is -3.15. The van der Waals surface area contributed by atoms with E-state index >= 15 is 0 Å². The minimum atomic E-state index is -0.964. The summed E-state index contributed by atoms with van der Waals surface area (Å²) < 4.78 is 10.5. The van der Waals surface area contributed by atoms with Crippen molar-refractivity contribution < 1.29 is 23.9 Å². The molecule has 2 aromatic rings. The Morgan fingerprint density at radius 3 is 2.21 bits per heavy atom. The van der Waals surface area contributed by atoms with E-state index < -0.39 is 18.0 Å². The highest BCUT2D eigenvalue weighted by molar-refractivity contribution is 5.96. The monoisotopic (exact) mass is 397 g/mol. The summed E-state index contributed by atoms with van der Waals surface area (Å²) in [7, 11) is 1.48. The number of ketones is 1. The van der Waals surface area contributed by atoms with Crippen LogP contribution in [0.4, 0.5) is 5.69 Å². The van der Waals surface area contributed by atoms with Crippen molar-refractivity contribution in [2.24, 2.45) is 0 Å². The number of carbonyl (C=O) groups excluding carboxylic acids is 3. The van der Waals surface area contributed by atoms with Crippen molar-refractivity contribution in [3.63, 3.8) is 0 Å². The Labute approximate surface area is 171 Å². The molecule has 1 atom stereocenters. The summed E-state index contributed by atoms with van der Waals surface area (Å²) in [6.45, 7) is 7.15. The second kappa shape index (κ2) is 9.87. The van der Waals surface area contributed by atoms with E-state index in [0.717, 1.165) is 0 Å². The van der Waals surface area contributed by atoms with E-state index in [1.165, 1.54) is 26.5 Å². The second-order valence-electron chi connectivity index (χ2n) is 7.16. The molecular weight excluding hydrogens is 370 g/mol. The maximum atomic E-state index is 12.3. The van der Waals surface area contributed by atoms with E-state index in [9.17, 15) is 14.4 Å². The number of nitrogens with one attached hydrogen (secondary N) is 1. The van der Waals surface area contributed by atoms with Crippen LogP contribution < -0.4 is 10.1 Å². The normalized spacial score (nSPS) is 11.7. The molecule has 1 amide bonds. The van der Waals surface area contributed by atoms with Gasteiger partial charge in [-0.1, -0.05) is 26.0 Å². The predicted octanol–water partition coefficient (Wildman–Crippen LogP) is 4.13. The first-order valence-corrected chi connectivity index (χ1v) is 9.49. The first-order chi connectivity index (χ1) is 13.7. The lowest BCUT2D eigenvalue weighted by molar-refractivity contribution is -0.152. The zero-order valence-electron chi connectivity index (χ0n) is 17.4. The number of Topliss-reactive ketones (excluding diaryl/α,β-unsaturated/α-hetero) is 1. The minimum absolute atomic E-state index is 0.106. The summed E-state index contributed by atoms with van der Waals surface area (Å²) in [5.41, 5.74) is 2.81. The van der Waals surface area contributed by atoms with Crippen molar-refractivity contribution >= 4 is 23.3 Å². The average molecular weight is 397 g/mol. The summed E-state index contributed by atoms with van der Waals surface area (Å²) in [6, 6.07) is 12.4. The van der Waals surface area contributed by atoms with Gasteiger partial charge in [0.2, 0.25) is 0 Å². The number of methoxy groups -OCH3 is 1. The number of anilines is 1. The molecule has 0 bridgehead atoms. The standard InChI is InChI=1S/C23H27NO5/c1-14(2)17-6-9-20(10-7-17)24-23(27)16(4)29-22(26)13-19-12-18(15(3)25)8-11-21(19)28-5/h6-12,14,16H,13H2,1-5H3,(H,24,27)/t16-/m1/s1. The number of rotatable bonds is 8. The molecule has 6 heteroatoms. The summed E-state index contributed by atoms with van der Waals surface area (Å²) in [5.74, 6) is -0.229. The topological polar surface area (TPSA) is 81.7 Å². The number of ether oxygens (including phenoxy) is 2. The molecule has 2 rings (SSSR count). The van der Waals surface area contributed by atoms with Gasteiger partial charge in [-0.3, -0.25) is 14.4 Å². The second-order valence-corrected chi connectivity index (χ2v) is 7.16. The molecule has 6 nitrogen and oxygen atoms in total. The molecule has 154 valence electrons. The number of amides is 1. The SMILES string of the molecule is COc1ccc(C(C)=O)cc1CC(=O)O[C@H](C)C(=O)Nc1ccc(C(C)C)cc1. The van der Waals surface area contributed by atoms with Crippen LogP contribution in [0.1, 0.15) is 55.1 Å². The first-order valence-electron chi connectivity index (χ1n) is 9.49. The van der Waals surface area contributed by atoms with Gasteiger partial charge in [-0.25, -0.2) is 0 Å². The highest BCUT2D eigenvalue weighted by Gasteiger charge is 2.20. The molecule has 0 saturated heterocycles. The summed E-state index contributed by atoms with van der Waals surface area (Å²) in [6.07, 6.45) is -1.07. The Bertz CT molecular complexity index is 887. The van der Waals surface area contributed by atoms with Gasteiger partial charge in [0.15, 0.2) is 11.9 Å². The van der Waals surface area contributed by atoms with Crippen LogP contribution in [0.5, 0.6) is 5.75 Å². The van der Waals surface area contributed by atoms with Crippen LogP contribution in [0.2, 0.25) is 0 Å². The van der Waals surface area contributed by atoms with E-state index in [0.29, 0.717) is 28.5 Å². The number of carbonyl (C=O) groups is 3. The van der Waals surface area contributed by atoms with Crippen LogP contribution in [0.3, 0.4) is 0 Å². The maximum absolute atomic E-state index is 12.3. The molecule has 0 aromatic heterocycles. The molecule has 2 aromatic carbocycles. The van der Waals surface area contributed by atoms with Gasteiger partial charge in [-0.2, -0.15) is 0 Å². The lowest BCUT2D eigenvalue weighted by atomic mass is 10.0. The Kier molecular flexibility index (Phi) is 7.53. The minimum Gasteiger partial charge on any atom is -0.496 e. The molecule has 0 aliphatic carbocycles. The van der Waals surface area contributed by atoms with Gasteiger partial charge in [0.1, 0.15) is 5.75 Å². The molecule has 0 heterocycles. The smallest absolute Gasteiger partial charge is 0.311 e. The van der Waals surface area contributed by atoms with Gasteiger partial charge in [0, 0.05) is 16.8 Å². The summed E-state index contributed by atoms with van der Waals surface area (Å²) in [4.78, 5) is 36.2. The number of hydrogen-bond donors (Lipinski definition) is 1. The zero-order valence-corrected chi connectivity index (χ0v) is 17.4. The van der Waals surface area contributed by atoms with Gasteiger partial charge >= 0.3 is 5.97 Å². The lowest BCUT2D eigenvalue weighted by Crippen LogP contribution is -2.30. The van der Waals surface area contributed by atoms with Crippen molar-refractivity contribution in [3.8, 4) is 5.75 Å². The van der Waals surface area contributed by atoms with Crippen LogP contribution in [0.15, 0.2) is 42.5 Å². The fraction of sp³-hybridized carbons (Fsp3) is 0.348. The molecular formula is C23H27NO5. The molecule has 0 saturated carbocycles. The molecule has 0 fully saturated rings. The third-order valence-corrected chi connectivity index (χ3v) is 4.54. The van der Waals surface area contributed by atoms with E-state index in [1.807, 2.05) is 24.3 Å². The van der Waals surface area contributed by atoms with E-state index in [-0.39, 0.29) is 12.2 Å². The van der Waals surface area contributed by atoms with Gasteiger partial charge in [0.05, 0.1) is 13.5 Å². The number of esters is 1. The molecule has 0 radical (unpaired) electrons. The van der Waals surface area contributed by atoms with Crippen LogP contribution >= 0.6 is 0 Å². The molecule has 0 spiro atoms. The van der Waals surface area contributed by atoms with Crippen molar-refractivity contribution in [1.29, 1.82) is 0 Å². The molecule has 29 heavy (non-hydrogen) atoms. The van der Waals surface area contributed by atoms with Crippen molar-refractivity contribution in [3.05, 3.63) is 59.2 Å². The highest BCUT2D eigenvalue weighted by Crippen LogP contribution is 2.22. The average Bonchev–Trinajstić information content (AvgIpc) is 2.68. The van der Waals surface area contributed by atoms with Crippen LogP contribution in [0.25, 0.3) is 0 Å². The van der Waals surface area contributed by atoms with Crippen LogP contribution in [-0.2, 0) is 20.7 Å². The Balaban J connectivity index is 1.98. The van der Waals surface area contributed by atoms with Gasteiger partial charge < -0.3 is 14.8 Å². The number of benzene rings is 2. The van der Waals surface area contributed by atoms with Crippen molar-refractivity contribution in [2.75, 3.05) is 12.4 Å². The molecule has 1 N–H and O–H groups in total. The third kappa shape index (κ3) is 6.17. The van der Waals surface area contributed by atoms with Crippen molar-refractivity contribution in [1.82, 2.24) is 0 Å². The van der Waals surface area contributed by atoms with Crippen LogP contribution in [-0.4, -0.2) is 30.9 Å². The van der Waals surface area contributed by atoms with E-state index in [2.05, 4.69) is 19.2 Å². The summed E-state index contributed by atoms with van der Waals surface area (Å²) >= 11 is 0. The van der Waals surface area contributed by atoms with Crippen molar-refractivity contribution in [2.45, 2.75) is 46.1 Å². The van der Waals surface area contributed by atoms with E-state index in [1.54, 1.807) is 18.2 Å². The summed E-state index contributed by atoms with van der Waals surface area (Å²) in [5, 5.41) is 2.74. The van der Waals surface area contributed by atoms with Gasteiger partial charge in [0.25, 0.3) is 5.91 Å². The molecule has 0 aliphatic heterocycles. The number of hydrogen-bond acceptors (Lipinski definition) is 5. The van der Waals surface area contributed by atoms with E-state index in [4.69, 9.17) is 9.47 Å². The third-order valence-electron chi connectivity index (χ3n) is 4.54.